The maximum Gasteiger partial charge on any atom is 0.224 e. The number of nitrogens with zero attached hydrogens (tertiary/aromatic N) is 4. The van der Waals surface area contributed by atoms with E-state index in [4.69, 9.17) is 4.74 Å². The van der Waals surface area contributed by atoms with Crippen LogP contribution in [-0.4, -0.2) is 74.0 Å². The Kier molecular flexibility index (Phi) is 7.30. The van der Waals surface area contributed by atoms with Crippen molar-refractivity contribution >= 4 is 21.6 Å². The smallest absolute Gasteiger partial charge is 0.224 e. The van der Waals surface area contributed by atoms with Gasteiger partial charge in [0.15, 0.2) is 0 Å². The lowest BCUT2D eigenvalue weighted by Crippen LogP contribution is -2.41. The van der Waals surface area contributed by atoms with Gasteiger partial charge in [-0.3, -0.25) is 9.48 Å². The largest absolute Gasteiger partial charge is 0.491 e. The van der Waals surface area contributed by atoms with Gasteiger partial charge < -0.3 is 15.0 Å². The molecule has 2 aromatic rings. The van der Waals surface area contributed by atoms with Crippen molar-refractivity contribution in [1.82, 2.24) is 19.4 Å². The van der Waals surface area contributed by atoms with E-state index in [0.717, 1.165) is 61.2 Å². The van der Waals surface area contributed by atoms with Crippen molar-refractivity contribution in [3.05, 3.63) is 30.1 Å². The summed E-state index contributed by atoms with van der Waals surface area (Å²) in [6, 6.07) is 4.47. The number of likely N-dealkylation sites (N-methyl/N-ethyl adjacent to an activating group) is 1. The number of piperidine rings is 1. The number of amides is 1. The Morgan fingerprint density at radius 3 is 2.68 bits per heavy atom. The summed E-state index contributed by atoms with van der Waals surface area (Å²) in [4.78, 5) is 14.3. The molecule has 2 aliphatic rings. The molecule has 1 amide bonds. The summed E-state index contributed by atoms with van der Waals surface area (Å²) in [6.07, 6.45) is 8.83. The third-order valence-corrected chi connectivity index (χ3v) is 8.22. The zero-order valence-corrected chi connectivity index (χ0v) is 21.3. The van der Waals surface area contributed by atoms with Crippen molar-refractivity contribution in [2.45, 2.75) is 51.6 Å². The van der Waals surface area contributed by atoms with Gasteiger partial charge in [0.25, 0.3) is 0 Å². The maximum absolute atomic E-state index is 12.4. The Morgan fingerprint density at radius 1 is 1.26 bits per heavy atom. The highest BCUT2D eigenvalue weighted by atomic mass is 32.2. The monoisotopic (exact) mass is 489 g/mol. The van der Waals surface area contributed by atoms with Gasteiger partial charge >= 0.3 is 0 Å². The Hall–Kier alpha value is -2.43. The highest BCUT2D eigenvalue weighted by Crippen LogP contribution is 2.43. The molecule has 9 nitrogen and oxygen atoms in total. The van der Waals surface area contributed by atoms with Crippen LogP contribution in [0.2, 0.25) is 0 Å². The van der Waals surface area contributed by atoms with Crippen molar-refractivity contribution in [3.63, 3.8) is 0 Å². The number of hydrogen-bond acceptors (Lipinski definition) is 6. The highest BCUT2D eigenvalue weighted by Gasteiger charge is 2.30. The highest BCUT2D eigenvalue weighted by molar-refractivity contribution is 7.88. The Labute approximate surface area is 202 Å². The molecule has 1 aromatic carbocycles. The van der Waals surface area contributed by atoms with Crippen molar-refractivity contribution in [1.29, 1.82) is 0 Å². The van der Waals surface area contributed by atoms with E-state index >= 15 is 0 Å². The van der Waals surface area contributed by atoms with Crippen LogP contribution in [0, 0.1) is 0 Å². The molecule has 3 heterocycles. The van der Waals surface area contributed by atoms with Gasteiger partial charge in [0.2, 0.25) is 15.9 Å². The number of fused-ring (bicyclic) bond motifs is 1. The number of anilines is 1. The normalized spacial score (nSPS) is 19.3. The maximum atomic E-state index is 12.4. The number of benzene rings is 1. The summed E-state index contributed by atoms with van der Waals surface area (Å²) in [5.74, 6) is 0.713. The van der Waals surface area contributed by atoms with Gasteiger partial charge in [0.1, 0.15) is 12.4 Å². The summed E-state index contributed by atoms with van der Waals surface area (Å²) < 4.78 is 33.2. The molecule has 1 saturated heterocycles. The lowest BCUT2D eigenvalue weighted by molar-refractivity contribution is -0.117. The number of hydrogen-bond donors (Lipinski definition) is 1. The van der Waals surface area contributed by atoms with Gasteiger partial charge in [-0.15, -0.1) is 0 Å². The van der Waals surface area contributed by atoms with Crippen LogP contribution in [0.25, 0.3) is 11.1 Å². The Bertz CT molecular complexity index is 1140. The number of carbonyl (C=O) groups excluding carboxylic acids is 1. The molecule has 34 heavy (non-hydrogen) atoms. The van der Waals surface area contributed by atoms with E-state index in [1.54, 1.807) is 14.0 Å². The zero-order valence-electron chi connectivity index (χ0n) is 20.5. The van der Waals surface area contributed by atoms with Crippen molar-refractivity contribution in [2.75, 3.05) is 44.4 Å². The second-order valence-corrected chi connectivity index (χ2v) is 11.4. The van der Waals surface area contributed by atoms with Crippen LogP contribution in [0.1, 0.15) is 44.7 Å². The van der Waals surface area contributed by atoms with Gasteiger partial charge in [-0.25, -0.2) is 12.7 Å². The first kappa shape index (κ1) is 24.7. The lowest BCUT2D eigenvalue weighted by Gasteiger charge is -2.36. The molecule has 0 aliphatic carbocycles. The quantitative estimate of drug-likeness (QED) is 0.642. The fourth-order valence-electron chi connectivity index (χ4n) is 4.87. The number of ether oxygens (including phenoxy) is 1. The second kappa shape index (κ2) is 10.1. The molecular formula is C24H35N5O4S. The van der Waals surface area contributed by atoms with Crippen LogP contribution in [-0.2, 0) is 21.2 Å². The molecule has 1 unspecified atom stereocenters. The number of carbonyl (C=O) groups is 1. The molecule has 1 atom stereocenters. The van der Waals surface area contributed by atoms with E-state index in [1.807, 2.05) is 27.9 Å². The van der Waals surface area contributed by atoms with Crippen LogP contribution in [0.4, 0.5) is 5.69 Å². The average Bonchev–Trinajstić information content (AvgIpc) is 3.28. The van der Waals surface area contributed by atoms with Gasteiger partial charge in [0.05, 0.1) is 24.2 Å². The molecule has 2 aliphatic heterocycles. The van der Waals surface area contributed by atoms with E-state index in [9.17, 15) is 13.2 Å². The second-order valence-electron chi connectivity index (χ2n) is 9.34. The minimum atomic E-state index is -3.29. The molecule has 0 spiro atoms. The fourth-order valence-corrected chi connectivity index (χ4v) is 5.27. The minimum absolute atomic E-state index is 0.00249. The molecule has 4 rings (SSSR count). The van der Waals surface area contributed by atoms with Crippen molar-refractivity contribution in [3.8, 4) is 16.9 Å². The minimum Gasteiger partial charge on any atom is -0.491 e. The van der Waals surface area contributed by atoms with E-state index in [1.165, 1.54) is 10.6 Å². The Balaban J connectivity index is 1.70. The third-order valence-electron chi connectivity index (χ3n) is 6.90. The fraction of sp³-hybridized carbons (Fsp3) is 0.583. The molecule has 1 fully saturated rings. The number of sulfonamides is 1. The van der Waals surface area contributed by atoms with Crippen LogP contribution < -0.4 is 15.0 Å². The molecule has 186 valence electrons. The zero-order chi connectivity index (χ0) is 24.5. The first-order valence-electron chi connectivity index (χ1n) is 11.9. The van der Waals surface area contributed by atoms with Gasteiger partial charge in [-0.1, -0.05) is 0 Å². The molecular weight excluding hydrogens is 454 g/mol. The van der Waals surface area contributed by atoms with Gasteiger partial charge in [-0.05, 0) is 57.8 Å². The van der Waals surface area contributed by atoms with Crippen molar-refractivity contribution in [2.24, 2.45) is 0 Å². The molecule has 0 radical (unpaired) electrons. The molecule has 0 saturated carbocycles. The number of nitrogens with one attached hydrogen (secondary N) is 1. The molecule has 10 heteroatoms. The van der Waals surface area contributed by atoms with Gasteiger partial charge in [-0.2, -0.15) is 5.10 Å². The summed E-state index contributed by atoms with van der Waals surface area (Å²) in [5.41, 5.74) is 3.73. The van der Waals surface area contributed by atoms with Crippen molar-refractivity contribution < 1.29 is 17.9 Å². The third kappa shape index (κ3) is 5.13. The van der Waals surface area contributed by atoms with Crippen LogP contribution in [0.5, 0.6) is 5.75 Å². The summed E-state index contributed by atoms with van der Waals surface area (Å²) >= 11 is 0. The summed E-state index contributed by atoms with van der Waals surface area (Å²) in [5, 5.41) is 8.03. The number of rotatable bonds is 7. The van der Waals surface area contributed by atoms with E-state index in [0.29, 0.717) is 11.8 Å². The predicted octanol–water partition coefficient (Wildman–Crippen LogP) is 2.43. The predicted molar refractivity (Wildman–Crippen MR) is 133 cm³/mol. The summed E-state index contributed by atoms with van der Waals surface area (Å²) in [6.45, 7) is 6.07. The van der Waals surface area contributed by atoms with E-state index in [-0.39, 0.29) is 25.1 Å². The first-order chi connectivity index (χ1) is 16.2. The standard InChI is InChI=1S/C24H35N5O4S/c1-17-5-6-22-23(29(17)18(2)30)8-7-21(24(22)33-14-13-27(3)34(4,31)32)19-15-26-28(16-19)20-9-11-25-12-10-20/h7-8,15-17,20,25H,5-6,9-14H2,1-4H3. The van der Waals surface area contributed by atoms with Crippen LogP contribution in [0.3, 0.4) is 0 Å². The summed E-state index contributed by atoms with van der Waals surface area (Å²) in [7, 11) is -1.75. The average molecular weight is 490 g/mol. The molecule has 1 aromatic heterocycles. The van der Waals surface area contributed by atoms with E-state index in [2.05, 4.69) is 23.5 Å². The number of aromatic nitrogens is 2. The Morgan fingerprint density at radius 2 is 2.00 bits per heavy atom. The topological polar surface area (TPSA) is 96.8 Å². The first-order valence-corrected chi connectivity index (χ1v) is 13.8. The molecule has 0 bridgehead atoms. The van der Waals surface area contributed by atoms with Gasteiger partial charge in [0, 0.05) is 49.4 Å². The van der Waals surface area contributed by atoms with Crippen LogP contribution >= 0.6 is 0 Å². The van der Waals surface area contributed by atoms with E-state index < -0.39 is 10.0 Å². The molecule has 1 N–H and O–H groups in total. The lowest BCUT2D eigenvalue weighted by atomic mass is 9.92. The SMILES string of the molecule is CC(=O)N1c2ccc(-c3cnn(C4CCNCC4)c3)c(OCCN(C)S(C)(=O)=O)c2CCC1C. The van der Waals surface area contributed by atoms with Crippen LogP contribution in [0.15, 0.2) is 24.5 Å².